The molecular formula is C23H26ClN3O3. The summed E-state index contributed by atoms with van der Waals surface area (Å²) in [5, 5.41) is 0. The predicted molar refractivity (Wildman–Crippen MR) is 115 cm³/mol. The lowest BCUT2D eigenvalue weighted by atomic mass is 10.1. The van der Waals surface area contributed by atoms with Crippen LogP contribution in [0.1, 0.15) is 36.7 Å². The van der Waals surface area contributed by atoms with Crippen molar-refractivity contribution in [2.45, 2.75) is 27.2 Å². The van der Waals surface area contributed by atoms with Crippen LogP contribution in [0.5, 0.6) is 0 Å². The Morgan fingerprint density at radius 2 is 1.93 bits per heavy atom. The zero-order chi connectivity index (χ0) is 20.6. The number of hydrogen-bond acceptors (Lipinski definition) is 4. The van der Waals surface area contributed by atoms with E-state index in [1.54, 1.807) is 19.1 Å². The number of rotatable bonds is 5. The molecule has 0 N–H and O–H groups in total. The first-order valence-corrected chi connectivity index (χ1v) is 10.1. The molecule has 1 atom stereocenters. The molecule has 0 aliphatic carbocycles. The van der Waals surface area contributed by atoms with E-state index in [1.807, 2.05) is 36.1 Å². The fourth-order valence-electron chi connectivity index (χ4n) is 4.38. The van der Waals surface area contributed by atoms with Crippen molar-refractivity contribution < 1.29 is 26.7 Å². The minimum Gasteiger partial charge on any atom is -1.00 e. The van der Waals surface area contributed by atoms with E-state index in [0.29, 0.717) is 36.3 Å². The largest absolute Gasteiger partial charge is 1.00 e. The summed E-state index contributed by atoms with van der Waals surface area (Å²) in [7, 11) is 0. The van der Waals surface area contributed by atoms with Crippen LogP contribution < -0.4 is 21.8 Å². The Labute approximate surface area is 183 Å². The van der Waals surface area contributed by atoms with Crippen LogP contribution in [-0.4, -0.2) is 44.0 Å². The number of esters is 1. The Morgan fingerprint density at radius 3 is 2.67 bits per heavy atom. The standard InChI is InChI=1S/C23H26N3O3.ClH/c1-4-26(15-22(27)25-13-12-17-8-6-7-9-20(17)25)16(3)24-19-14-18(10-11-21(19)26)23(28)29-5-2;/h6-11,14H,4-5,12-13,15H2,1-3H3;1H/q+1;/p-1. The van der Waals surface area contributed by atoms with Gasteiger partial charge in [-0.25, -0.2) is 9.28 Å². The van der Waals surface area contributed by atoms with Gasteiger partial charge in [0.1, 0.15) is 5.69 Å². The first-order chi connectivity index (χ1) is 14.0. The molecule has 0 radical (unpaired) electrons. The summed E-state index contributed by atoms with van der Waals surface area (Å²) < 4.78 is 5.49. The van der Waals surface area contributed by atoms with Gasteiger partial charge in [-0.3, -0.25) is 4.79 Å². The first-order valence-electron chi connectivity index (χ1n) is 10.1. The molecule has 2 aromatic carbocycles. The monoisotopic (exact) mass is 427 g/mol. The number of carbonyl (C=O) groups is 2. The maximum absolute atomic E-state index is 13.3. The number of likely N-dealkylation sites (N-methyl/N-ethyl adjacent to an activating group) is 1. The van der Waals surface area contributed by atoms with E-state index < -0.39 is 0 Å². The van der Waals surface area contributed by atoms with Gasteiger partial charge in [0.25, 0.3) is 5.91 Å². The lowest BCUT2D eigenvalue weighted by Crippen LogP contribution is -3.00. The number of nitrogens with zero attached hydrogens (tertiary/aromatic N) is 3. The van der Waals surface area contributed by atoms with Crippen molar-refractivity contribution in [2.75, 3.05) is 31.1 Å². The average molecular weight is 428 g/mol. The number of anilines is 1. The van der Waals surface area contributed by atoms with Crippen molar-refractivity contribution in [3.63, 3.8) is 0 Å². The molecule has 0 bridgehead atoms. The fourth-order valence-corrected chi connectivity index (χ4v) is 4.38. The molecule has 2 heterocycles. The number of aliphatic imine (C=N–C) groups is 1. The first kappa shape index (κ1) is 22.0. The maximum atomic E-state index is 13.3. The summed E-state index contributed by atoms with van der Waals surface area (Å²) >= 11 is 0. The van der Waals surface area contributed by atoms with Gasteiger partial charge in [-0.15, -0.1) is 0 Å². The second-order valence-electron chi connectivity index (χ2n) is 7.45. The Balaban J connectivity index is 0.00000256. The third-order valence-electron chi connectivity index (χ3n) is 5.98. The average Bonchev–Trinajstić information content (AvgIpc) is 3.27. The summed E-state index contributed by atoms with van der Waals surface area (Å²) in [4.78, 5) is 32.0. The number of benzene rings is 2. The number of para-hydroxylation sites is 1. The number of hydrogen-bond donors (Lipinski definition) is 0. The van der Waals surface area contributed by atoms with Gasteiger partial charge in [-0.1, -0.05) is 18.2 Å². The molecule has 7 heteroatoms. The third-order valence-corrected chi connectivity index (χ3v) is 5.98. The van der Waals surface area contributed by atoms with E-state index in [2.05, 4.69) is 13.0 Å². The van der Waals surface area contributed by atoms with E-state index in [9.17, 15) is 9.59 Å². The van der Waals surface area contributed by atoms with Crippen LogP contribution in [0.25, 0.3) is 0 Å². The van der Waals surface area contributed by atoms with Crippen molar-refractivity contribution in [1.29, 1.82) is 0 Å². The molecule has 2 aliphatic heterocycles. The molecule has 0 fully saturated rings. The lowest BCUT2D eigenvalue weighted by Gasteiger charge is -2.33. The van der Waals surface area contributed by atoms with Gasteiger partial charge in [0.2, 0.25) is 5.84 Å². The minimum absolute atomic E-state index is 0. The van der Waals surface area contributed by atoms with E-state index in [1.165, 1.54) is 5.56 Å². The number of quaternary nitrogens is 1. The van der Waals surface area contributed by atoms with Gasteiger partial charge in [0.05, 0.1) is 18.7 Å². The molecule has 4 rings (SSSR count). The normalized spacial score (nSPS) is 18.9. The number of fused-ring (bicyclic) bond motifs is 2. The quantitative estimate of drug-likeness (QED) is 0.525. The van der Waals surface area contributed by atoms with Gasteiger partial charge in [-0.05, 0) is 44.0 Å². The summed E-state index contributed by atoms with van der Waals surface area (Å²) in [6.07, 6.45) is 0.889. The lowest BCUT2D eigenvalue weighted by molar-refractivity contribution is -0.118. The maximum Gasteiger partial charge on any atom is 0.338 e. The second-order valence-corrected chi connectivity index (χ2v) is 7.45. The van der Waals surface area contributed by atoms with E-state index in [-0.39, 0.29) is 24.3 Å². The van der Waals surface area contributed by atoms with Crippen LogP contribution in [-0.2, 0) is 16.0 Å². The Bertz CT molecular complexity index is 1020. The van der Waals surface area contributed by atoms with Crippen molar-refractivity contribution >= 4 is 34.8 Å². The van der Waals surface area contributed by atoms with Gasteiger partial charge in [0.15, 0.2) is 12.2 Å². The SMILES string of the molecule is CCOC(=O)c1ccc2c(c1)N=C(C)[N+]2(CC)CC(=O)N1CCc2ccccc21.[Cl-]. The molecule has 2 aliphatic rings. The van der Waals surface area contributed by atoms with Crippen LogP contribution in [0.4, 0.5) is 17.1 Å². The smallest absolute Gasteiger partial charge is 0.338 e. The van der Waals surface area contributed by atoms with Crippen LogP contribution in [0, 0.1) is 0 Å². The fraction of sp³-hybridized carbons (Fsp3) is 0.348. The molecule has 0 aromatic heterocycles. The Hall–Kier alpha value is -2.70. The summed E-state index contributed by atoms with van der Waals surface area (Å²) in [6, 6.07) is 13.5. The van der Waals surface area contributed by atoms with Gasteiger partial charge >= 0.3 is 5.97 Å². The summed E-state index contributed by atoms with van der Waals surface area (Å²) in [5.74, 6) is 0.604. The zero-order valence-electron chi connectivity index (χ0n) is 17.5. The molecule has 2 aromatic rings. The molecular weight excluding hydrogens is 402 g/mol. The number of halogens is 1. The number of ether oxygens (including phenoxy) is 1. The minimum atomic E-state index is -0.352. The molecule has 1 amide bonds. The molecule has 0 saturated heterocycles. The molecule has 1 unspecified atom stereocenters. The zero-order valence-corrected chi connectivity index (χ0v) is 18.3. The van der Waals surface area contributed by atoms with Crippen molar-refractivity contribution in [3.05, 3.63) is 53.6 Å². The molecule has 158 valence electrons. The van der Waals surface area contributed by atoms with Crippen LogP contribution in [0.15, 0.2) is 47.5 Å². The molecule has 6 nitrogen and oxygen atoms in total. The van der Waals surface area contributed by atoms with Crippen LogP contribution in [0.3, 0.4) is 0 Å². The van der Waals surface area contributed by atoms with E-state index >= 15 is 0 Å². The Morgan fingerprint density at radius 1 is 1.17 bits per heavy atom. The topological polar surface area (TPSA) is 59.0 Å². The third kappa shape index (κ3) is 3.50. The van der Waals surface area contributed by atoms with Gasteiger partial charge in [-0.2, -0.15) is 4.99 Å². The van der Waals surface area contributed by atoms with Gasteiger partial charge in [0, 0.05) is 25.2 Å². The van der Waals surface area contributed by atoms with E-state index in [4.69, 9.17) is 9.73 Å². The van der Waals surface area contributed by atoms with Crippen molar-refractivity contribution in [1.82, 2.24) is 4.48 Å². The Kier molecular flexibility index (Phi) is 6.29. The summed E-state index contributed by atoms with van der Waals surface area (Å²) in [5.41, 5.74) is 4.41. The second kappa shape index (κ2) is 8.58. The van der Waals surface area contributed by atoms with Gasteiger partial charge < -0.3 is 22.0 Å². The molecule has 30 heavy (non-hydrogen) atoms. The predicted octanol–water partition coefficient (Wildman–Crippen LogP) is 0.847. The van der Waals surface area contributed by atoms with Crippen molar-refractivity contribution in [2.24, 2.45) is 4.99 Å². The van der Waals surface area contributed by atoms with Crippen molar-refractivity contribution in [3.8, 4) is 0 Å². The molecule has 0 spiro atoms. The highest BCUT2D eigenvalue weighted by Gasteiger charge is 2.43. The molecule has 0 saturated carbocycles. The van der Waals surface area contributed by atoms with Crippen LogP contribution in [0.2, 0.25) is 0 Å². The number of amides is 1. The van der Waals surface area contributed by atoms with Crippen LogP contribution >= 0.6 is 0 Å². The number of carbonyl (C=O) groups excluding carboxylic acids is 2. The highest BCUT2D eigenvalue weighted by molar-refractivity contribution is 6.08. The summed E-state index contributed by atoms with van der Waals surface area (Å²) in [6.45, 7) is 7.88. The number of amidine groups is 1. The van der Waals surface area contributed by atoms with E-state index in [0.717, 1.165) is 29.3 Å². The highest BCUT2D eigenvalue weighted by atomic mass is 35.5. The highest BCUT2D eigenvalue weighted by Crippen LogP contribution is 2.41.